The maximum atomic E-state index is 17.1. The Morgan fingerprint density at radius 2 is 2.03 bits per heavy atom. The number of alkyl halides is 2. The molecule has 0 bridgehead atoms. The molecule has 1 unspecified atom stereocenters. The lowest BCUT2D eigenvalue weighted by Gasteiger charge is -2.63. The molecule has 0 radical (unpaired) electrons. The number of fused-ring (bicyclic) bond motifs is 5. The normalized spacial score (nSPS) is 49.4. The Hall–Kier alpha value is -1.60. The molecule has 33 heavy (non-hydrogen) atoms. The van der Waals surface area contributed by atoms with E-state index in [-0.39, 0.29) is 24.8 Å². The minimum atomic E-state index is -2.28. The predicted molar refractivity (Wildman–Crippen MR) is 117 cm³/mol. The summed E-state index contributed by atoms with van der Waals surface area (Å²) >= 11 is 0.576. The number of carbonyl (C=O) groups excluding carboxylic acids is 2. The van der Waals surface area contributed by atoms with Crippen LogP contribution in [0.5, 0.6) is 0 Å². The smallest absolute Gasteiger partial charge is 0.205 e. The number of allylic oxidation sites excluding steroid dienone is 4. The predicted octanol–water partition coefficient (Wildman–Crippen LogP) is 3.04. The Bertz CT molecular complexity index is 996. The highest BCUT2D eigenvalue weighted by atomic mass is 32.2. The van der Waals surface area contributed by atoms with E-state index in [2.05, 4.69) is 0 Å². The van der Waals surface area contributed by atoms with Gasteiger partial charge in [0, 0.05) is 23.9 Å². The van der Waals surface area contributed by atoms with Crippen LogP contribution in [-0.2, 0) is 14.3 Å². The highest BCUT2D eigenvalue weighted by Crippen LogP contribution is 2.71. The number of rotatable bonds is 4. The number of hydrogen-bond acceptors (Lipinski definition) is 7. The van der Waals surface area contributed by atoms with Crippen molar-refractivity contribution in [1.29, 1.82) is 5.26 Å². The number of methoxy groups -OCH3 is 1. The van der Waals surface area contributed by atoms with E-state index in [9.17, 15) is 19.8 Å². The highest BCUT2D eigenvalue weighted by Gasteiger charge is 2.77. The Morgan fingerprint density at radius 1 is 1.36 bits per heavy atom. The molecule has 0 aromatic rings. The van der Waals surface area contributed by atoms with Crippen LogP contribution >= 0.6 is 11.8 Å². The van der Waals surface area contributed by atoms with Crippen LogP contribution in [0.25, 0.3) is 0 Å². The average Bonchev–Trinajstić information content (AvgIpc) is 2.96. The molecule has 0 saturated heterocycles. The van der Waals surface area contributed by atoms with Crippen molar-refractivity contribution < 1.29 is 33.3 Å². The fraction of sp³-hybridized carbons (Fsp3) is 0.708. The maximum absolute atomic E-state index is 17.1. The second-order valence-corrected chi connectivity index (χ2v) is 11.2. The van der Waals surface area contributed by atoms with E-state index >= 15 is 8.78 Å². The van der Waals surface area contributed by atoms with Crippen LogP contribution < -0.4 is 0 Å². The molecule has 10 atom stereocenters. The minimum Gasteiger partial charge on any atom is -0.390 e. The number of nitriles is 1. The molecule has 0 heterocycles. The molecule has 3 saturated carbocycles. The van der Waals surface area contributed by atoms with E-state index in [1.54, 1.807) is 19.2 Å². The van der Waals surface area contributed by atoms with Gasteiger partial charge >= 0.3 is 0 Å². The maximum Gasteiger partial charge on any atom is 0.205 e. The number of aliphatic hydroxyl groups excluding tert-OH is 1. The van der Waals surface area contributed by atoms with Crippen molar-refractivity contribution in [2.24, 2.45) is 28.6 Å². The quantitative estimate of drug-likeness (QED) is 0.469. The van der Waals surface area contributed by atoms with Crippen molar-refractivity contribution in [3.8, 4) is 5.40 Å². The molecule has 0 amide bonds. The first-order valence-corrected chi connectivity index (χ1v) is 12.0. The molecular weight excluding hydrogens is 452 g/mol. The van der Waals surface area contributed by atoms with Crippen LogP contribution in [0.1, 0.15) is 40.0 Å². The first kappa shape index (κ1) is 24.5. The van der Waals surface area contributed by atoms with Gasteiger partial charge in [0.2, 0.25) is 5.78 Å². The zero-order valence-electron chi connectivity index (χ0n) is 19.0. The van der Waals surface area contributed by atoms with Gasteiger partial charge in [0.05, 0.1) is 6.10 Å². The molecule has 0 aliphatic heterocycles. The zero-order chi connectivity index (χ0) is 24.6. The van der Waals surface area contributed by atoms with Crippen molar-refractivity contribution in [2.45, 2.75) is 69.0 Å². The third-order valence-electron chi connectivity index (χ3n) is 9.17. The molecule has 180 valence electrons. The van der Waals surface area contributed by atoms with Gasteiger partial charge in [-0.3, -0.25) is 9.59 Å². The molecular formula is C24H29F2NO5S. The minimum absolute atomic E-state index is 0.0265. The molecule has 4 aliphatic rings. The van der Waals surface area contributed by atoms with E-state index in [0.29, 0.717) is 11.8 Å². The van der Waals surface area contributed by atoms with Crippen molar-refractivity contribution in [2.75, 3.05) is 7.11 Å². The lowest BCUT2D eigenvalue weighted by molar-refractivity contribution is -0.224. The van der Waals surface area contributed by atoms with Gasteiger partial charge in [0.1, 0.15) is 17.2 Å². The molecule has 3 fully saturated rings. The van der Waals surface area contributed by atoms with E-state index in [1.807, 2.05) is 0 Å². The highest BCUT2D eigenvalue weighted by molar-refractivity contribution is 8.04. The second kappa shape index (κ2) is 7.70. The first-order valence-electron chi connectivity index (χ1n) is 11.1. The number of aliphatic hydroxyl groups is 2. The first-order chi connectivity index (χ1) is 15.3. The number of carbonyl (C=O) groups is 2. The van der Waals surface area contributed by atoms with E-state index in [4.69, 9.17) is 10.00 Å². The fourth-order valence-electron chi connectivity index (χ4n) is 7.50. The lowest BCUT2D eigenvalue weighted by Crippen LogP contribution is -2.70. The van der Waals surface area contributed by atoms with Gasteiger partial charge in [-0.2, -0.15) is 5.26 Å². The summed E-state index contributed by atoms with van der Waals surface area (Å²) in [5, 5.41) is 34.0. The summed E-state index contributed by atoms with van der Waals surface area (Å²) in [6.07, 6.45) is 0.252. The summed E-state index contributed by atoms with van der Waals surface area (Å²) in [5.74, 6) is -3.34. The second-order valence-electron chi connectivity index (χ2n) is 10.4. The third kappa shape index (κ3) is 2.87. The largest absolute Gasteiger partial charge is 0.390 e. The molecule has 4 aliphatic carbocycles. The number of ketones is 2. The molecule has 0 aromatic carbocycles. The monoisotopic (exact) mass is 481 g/mol. The zero-order valence-corrected chi connectivity index (χ0v) is 19.9. The van der Waals surface area contributed by atoms with Crippen LogP contribution in [0.15, 0.2) is 23.8 Å². The van der Waals surface area contributed by atoms with Crippen molar-refractivity contribution in [3.05, 3.63) is 23.8 Å². The molecule has 0 spiro atoms. The Balaban J connectivity index is 1.82. The van der Waals surface area contributed by atoms with Crippen LogP contribution in [-0.4, -0.2) is 57.9 Å². The molecule has 0 aromatic heterocycles. The number of halogens is 2. The Labute approximate surface area is 196 Å². The van der Waals surface area contributed by atoms with Crippen LogP contribution in [0.4, 0.5) is 8.78 Å². The number of nitrogens with zero attached hydrogens (tertiary/aromatic N) is 1. The summed E-state index contributed by atoms with van der Waals surface area (Å²) in [4.78, 5) is 25.4. The Morgan fingerprint density at radius 3 is 2.64 bits per heavy atom. The van der Waals surface area contributed by atoms with E-state index in [0.717, 1.165) is 6.08 Å². The average molecular weight is 482 g/mol. The number of ether oxygens (including phenoxy) is 1. The fourth-order valence-corrected chi connectivity index (χ4v) is 7.98. The van der Waals surface area contributed by atoms with Crippen molar-refractivity contribution in [1.82, 2.24) is 0 Å². The molecule has 2 N–H and O–H groups in total. The van der Waals surface area contributed by atoms with Crippen LogP contribution in [0.3, 0.4) is 0 Å². The van der Waals surface area contributed by atoms with Crippen molar-refractivity contribution in [3.63, 3.8) is 0 Å². The van der Waals surface area contributed by atoms with Gasteiger partial charge in [0.25, 0.3) is 0 Å². The Kier molecular flexibility index (Phi) is 5.73. The molecule has 6 nitrogen and oxygen atoms in total. The SMILES string of the molecule is COC(SC#N)C(=O)[C@@]1(O)[C@H](C)C[C@H]2[C@@H]3C[C@H](F)C4=CC(=O)C=C[C@]4(C)[C@@]3(F)[C@@H](O)C[C@@]21C. The van der Waals surface area contributed by atoms with Gasteiger partial charge in [-0.1, -0.05) is 19.9 Å². The van der Waals surface area contributed by atoms with Crippen LogP contribution in [0.2, 0.25) is 0 Å². The number of Topliss-reactive ketones (excluding diaryl/α,β-unsaturated/α-hetero) is 1. The summed E-state index contributed by atoms with van der Waals surface area (Å²) in [6.45, 7) is 4.83. The van der Waals surface area contributed by atoms with Gasteiger partial charge in [0.15, 0.2) is 16.9 Å². The van der Waals surface area contributed by atoms with Crippen LogP contribution in [0, 0.1) is 39.2 Å². The summed E-state index contributed by atoms with van der Waals surface area (Å²) in [7, 11) is 1.26. The summed E-state index contributed by atoms with van der Waals surface area (Å²) < 4.78 is 37.7. The van der Waals surface area contributed by atoms with Gasteiger partial charge in [-0.15, -0.1) is 0 Å². The molecule has 4 rings (SSSR count). The summed E-state index contributed by atoms with van der Waals surface area (Å²) in [5.41, 5.74) is -8.28. The van der Waals surface area contributed by atoms with Gasteiger partial charge < -0.3 is 14.9 Å². The lowest BCUT2D eigenvalue weighted by atomic mass is 9.44. The van der Waals surface area contributed by atoms with Gasteiger partial charge in [-0.25, -0.2) is 8.78 Å². The molecule has 9 heteroatoms. The number of thiocyanates is 1. The summed E-state index contributed by atoms with van der Waals surface area (Å²) in [6, 6.07) is 0. The van der Waals surface area contributed by atoms with E-state index < -0.39 is 69.1 Å². The van der Waals surface area contributed by atoms with Gasteiger partial charge in [-0.05, 0) is 67.5 Å². The van der Waals surface area contributed by atoms with E-state index in [1.165, 1.54) is 26.2 Å². The number of hydrogen-bond donors (Lipinski definition) is 2. The topological polar surface area (TPSA) is 108 Å². The van der Waals surface area contributed by atoms with Crippen molar-refractivity contribution >= 4 is 23.3 Å². The number of thioether (sulfide) groups is 1. The standard InChI is InChI=1S/C24H29F2NO5S/c1-12-7-14-15-9-17(25)16-8-13(28)5-6-21(16,2)23(15,26)18(29)10-22(14,3)24(12,31)19(30)20(32-4)33-11-27/h5-6,8,12,14-15,17-18,20,29,31H,7,9-10H2,1-4H3/t12-,14+,15+,17+,18+,20?,21+,22+,23+,24+/m1/s1. The third-order valence-corrected chi connectivity index (χ3v) is 9.90.